The van der Waals surface area contributed by atoms with Gasteiger partial charge in [-0.3, -0.25) is 0 Å². The molecule has 0 radical (unpaired) electrons. The number of rotatable bonds is 6. The second-order valence-corrected chi connectivity index (χ2v) is 8.47. The Hall–Kier alpha value is -2.91. The largest absolute Gasteiger partial charge is 0.362 e. The Kier molecular flexibility index (Phi) is 5.19. The number of hydrogen-bond donors (Lipinski definition) is 1. The topological polar surface area (TPSA) is 82.8 Å². The molecular weight excluding hydrogens is 346 g/mol. The first-order valence-electron chi connectivity index (χ1n) is 8.25. The van der Waals surface area contributed by atoms with Crippen LogP contribution in [-0.2, 0) is 9.84 Å². The average molecular weight is 365 g/mol. The van der Waals surface area contributed by atoms with Gasteiger partial charge in [0.2, 0.25) is 0 Å². The van der Waals surface area contributed by atoms with Crippen molar-refractivity contribution in [1.82, 2.24) is 4.98 Å². The van der Waals surface area contributed by atoms with E-state index in [4.69, 9.17) is 0 Å². The maximum absolute atomic E-state index is 11.6. The van der Waals surface area contributed by atoms with E-state index in [9.17, 15) is 13.7 Å². The first-order chi connectivity index (χ1) is 12.5. The van der Waals surface area contributed by atoms with Gasteiger partial charge in [0.1, 0.15) is 21.7 Å². The van der Waals surface area contributed by atoms with Crippen LogP contribution < -0.4 is 5.32 Å². The maximum Gasteiger partial charge on any atom is 0.147 e. The van der Waals surface area contributed by atoms with Crippen LogP contribution in [0.3, 0.4) is 0 Å². The lowest BCUT2D eigenvalue weighted by atomic mass is 10.0. The fourth-order valence-corrected chi connectivity index (χ4v) is 3.48. The third kappa shape index (κ3) is 4.38. The van der Waals surface area contributed by atoms with E-state index in [0.717, 1.165) is 16.5 Å². The highest BCUT2D eigenvalue weighted by Crippen LogP contribution is 2.26. The first kappa shape index (κ1) is 17.9. The van der Waals surface area contributed by atoms with Crippen molar-refractivity contribution < 1.29 is 8.42 Å². The highest BCUT2D eigenvalue weighted by atomic mass is 32.2. The molecule has 0 amide bonds. The van der Waals surface area contributed by atoms with Crippen LogP contribution in [0.4, 0.5) is 5.82 Å². The van der Waals surface area contributed by atoms with Gasteiger partial charge < -0.3 is 5.32 Å². The summed E-state index contributed by atoms with van der Waals surface area (Å²) in [4.78, 5) is 4.57. The lowest BCUT2D eigenvalue weighted by Crippen LogP contribution is -2.17. The number of nitriles is 1. The predicted octanol–water partition coefficient (Wildman–Crippen LogP) is 3.69. The Bertz CT molecular complexity index is 1060. The molecule has 2 aromatic carbocycles. The fraction of sp³-hybridized carbons (Fsp3) is 0.200. The smallest absolute Gasteiger partial charge is 0.147 e. The molecule has 1 aromatic heterocycles. The van der Waals surface area contributed by atoms with Crippen molar-refractivity contribution in [1.29, 1.82) is 5.26 Å². The number of nitrogens with one attached hydrogen (secondary N) is 1. The summed E-state index contributed by atoms with van der Waals surface area (Å²) in [7, 11) is -3.10. The zero-order valence-electron chi connectivity index (χ0n) is 14.4. The summed E-state index contributed by atoms with van der Waals surface area (Å²) in [6.07, 6.45) is 1.62. The standard InChI is InChI=1S/C20H19N3O2S/c1-26(24,25)12-11-19(15-7-3-2-4-8-15)23-20-17(14-21)13-16-9-5-6-10-18(16)22-20/h2-10,13,19H,11-12H2,1H3,(H,22,23)/t19-/m1/s1. The predicted molar refractivity (Wildman–Crippen MR) is 104 cm³/mol. The number of hydrogen-bond acceptors (Lipinski definition) is 5. The average Bonchev–Trinajstić information content (AvgIpc) is 2.64. The minimum Gasteiger partial charge on any atom is -0.362 e. The van der Waals surface area contributed by atoms with Gasteiger partial charge in [-0.25, -0.2) is 13.4 Å². The van der Waals surface area contributed by atoms with Gasteiger partial charge in [-0.05, 0) is 24.1 Å². The third-order valence-corrected chi connectivity index (χ3v) is 5.11. The number of fused-ring (bicyclic) bond motifs is 1. The summed E-state index contributed by atoms with van der Waals surface area (Å²) in [5.41, 5.74) is 2.17. The van der Waals surface area contributed by atoms with Gasteiger partial charge in [-0.15, -0.1) is 0 Å². The summed E-state index contributed by atoms with van der Waals surface area (Å²) in [5, 5.41) is 13.7. The van der Waals surface area contributed by atoms with Crippen LogP contribution in [0.1, 0.15) is 23.6 Å². The van der Waals surface area contributed by atoms with Gasteiger partial charge in [0.15, 0.2) is 0 Å². The highest BCUT2D eigenvalue weighted by Gasteiger charge is 2.17. The number of anilines is 1. The number of nitrogens with zero attached hydrogens (tertiary/aromatic N) is 2. The molecule has 0 saturated heterocycles. The van der Waals surface area contributed by atoms with Crippen molar-refractivity contribution in [3.05, 3.63) is 71.8 Å². The molecule has 26 heavy (non-hydrogen) atoms. The third-order valence-electron chi connectivity index (χ3n) is 4.13. The number of pyridine rings is 1. The molecule has 132 valence electrons. The molecule has 1 heterocycles. The number of benzene rings is 2. The van der Waals surface area contributed by atoms with Crippen molar-refractivity contribution in [2.24, 2.45) is 0 Å². The molecule has 1 atom stereocenters. The zero-order chi connectivity index (χ0) is 18.6. The van der Waals surface area contributed by atoms with Crippen LogP contribution >= 0.6 is 0 Å². The van der Waals surface area contributed by atoms with E-state index in [1.165, 1.54) is 6.26 Å². The summed E-state index contributed by atoms with van der Waals surface area (Å²) >= 11 is 0. The van der Waals surface area contributed by atoms with E-state index < -0.39 is 9.84 Å². The first-order valence-corrected chi connectivity index (χ1v) is 10.3. The van der Waals surface area contributed by atoms with Crippen LogP contribution in [0.5, 0.6) is 0 Å². The Morgan fingerprint density at radius 3 is 2.50 bits per heavy atom. The van der Waals surface area contributed by atoms with Crippen LogP contribution in [0.15, 0.2) is 60.7 Å². The van der Waals surface area contributed by atoms with Crippen LogP contribution in [0.25, 0.3) is 10.9 Å². The molecule has 0 aliphatic carbocycles. The zero-order valence-corrected chi connectivity index (χ0v) is 15.2. The van der Waals surface area contributed by atoms with Crippen LogP contribution in [0.2, 0.25) is 0 Å². The monoisotopic (exact) mass is 365 g/mol. The van der Waals surface area contributed by atoms with E-state index in [2.05, 4.69) is 16.4 Å². The number of para-hydroxylation sites is 1. The molecule has 0 spiro atoms. The SMILES string of the molecule is CS(=O)(=O)CC[C@@H](Nc1nc2ccccc2cc1C#N)c1ccccc1. The van der Waals surface area contributed by atoms with E-state index >= 15 is 0 Å². The molecule has 0 aliphatic heterocycles. The quantitative estimate of drug-likeness (QED) is 0.720. The van der Waals surface area contributed by atoms with Crippen molar-refractivity contribution in [2.45, 2.75) is 12.5 Å². The molecule has 0 unspecified atom stereocenters. The Morgan fingerprint density at radius 1 is 1.12 bits per heavy atom. The second-order valence-electron chi connectivity index (χ2n) is 6.22. The summed E-state index contributed by atoms with van der Waals surface area (Å²) < 4.78 is 23.2. The molecule has 1 N–H and O–H groups in total. The molecule has 0 aliphatic rings. The Morgan fingerprint density at radius 2 is 1.81 bits per heavy atom. The lowest BCUT2D eigenvalue weighted by molar-refractivity contribution is 0.595. The second kappa shape index (κ2) is 7.54. The van der Waals surface area contributed by atoms with E-state index in [-0.39, 0.29) is 11.8 Å². The van der Waals surface area contributed by atoms with Crippen LogP contribution in [-0.4, -0.2) is 25.4 Å². The molecule has 3 aromatic rings. The van der Waals surface area contributed by atoms with Gasteiger partial charge in [0, 0.05) is 11.6 Å². The molecule has 0 fully saturated rings. The fourth-order valence-electron chi connectivity index (χ4n) is 2.82. The molecular formula is C20H19N3O2S. The lowest BCUT2D eigenvalue weighted by Gasteiger charge is -2.20. The van der Waals surface area contributed by atoms with E-state index in [1.54, 1.807) is 6.07 Å². The van der Waals surface area contributed by atoms with Gasteiger partial charge in [0.05, 0.1) is 22.9 Å². The molecule has 5 nitrogen and oxygen atoms in total. The van der Waals surface area contributed by atoms with Crippen molar-refractivity contribution in [3.63, 3.8) is 0 Å². The molecule has 3 rings (SSSR count). The molecule has 0 bridgehead atoms. The van der Waals surface area contributed by atoms with Crippen molar-refractivity contribution in [3.8, 4) is 6.07 Å². The highest BCUT2D eigenvalue weighted by molar-refractivity contribution is 7.90. The molecule has 0 saturated carbocycles. The van der Waals surface area contributed by atoms with Crippen molar-refractivity contribution >= 4 is 26.6 Å². The number of aromatic nitrogens is 1. The van der Waals surface area contributed by atoms with Crippen molar-refractivity contribution in [2.75, 3.05) is 17.3 Å². The summed E-state index contributed by atoms with van der Waals surface area (Å²) in [6, 6.07) is 20.9. The minimum atomic E-state index is -3.10. The normalized spacial score (nSPS) is 12.5. The van der Waals surface area contributed by atoms with Gasteiger partial charge in [-0.1, -0.05) is 48.5 Å². The maximum atomic E-state index is 11.6. The Labute approximate surface area is 153 Å². The van der Waals surface area contributed by atoms with E-state index in [1.807, 2.05) is 54.6 Å². The number of sulfone groups is 1. The van der Waals surface area contributed by atoms with Gasteiger partial charge >= 0.3 is 0 Å². The Balaban J connectivity index is 1.98. The van der Waals surface area contributed by atoms with E-state index in [0.29, 0.717) is 17.8 Å². The summed E-state index contributed by atoms with van der Waals surface area (Å²) in [5.74, 6) is 0.517. The van der Waals surface area contributed by atoms with Gasteiger partial charge in [-0.2, -0.15) is 5.26 Å². The minimum absolute atomic E-state index is 0.0506. The van der Waals surface area contributed by atoms with Crippen LogP contribution in [0, 0.1) is 11.3 Å². The molecule has 6 heteroatoms. The van der Waals surface area contributed by atoms with Gasteiger partial charge in [0.25, 0.3) is 0 Å². The summed E-state index contributed by atoms with van der Waals surface area (Å²) in [6.45, 7) is 0.